The summed E-state index contributed by atoms with van der Waals surface area (Å²) in [7, 11) is 1.68. The van der Waals surface area contributed by atoms with Crippen LogP contribution in [0.4, 0.5) is 5.13 Å². The Morgan fingerprint density at radius 2 is 2.14 bits per heavy atom. The molecule has 1 saturated heterocycles. The first kappa shape index (κ1) is 25.4. The molecule has 4 heterocycles. The number of hydrogen-bond donors (Lipinski definition) is 3. The second-order valence-electron chi connectivity index (χ2n) is 8.40. The molecule has 2 aliphatic heterocycles. The average Bonchev–Trinajstić information content (AvgIpc) is 3.64. The number of carboxylic acid groups (broad SMARTS) is 1. The number of β-lactam (4-membered cyclic amide) rings is 1. The van der Waals surface area contributed by atoms with Crippen molar-refractivity contribution < 1.29 is 24.3 Å². The Hall–Kier alpha value is -3.25. The Balaban J connectivity index is 1.30. The van der Waals surface area contributed by atoms with Crippen molar-refractivity contribution in [2.75, 3.05) is 17.2 Å². The molecule has 2 aromatic rings. The third-order valence-corrected chi connectivity index (χ3v) is 8.94. The van der Waals surface area contributed by atoms with Gasteiger partial charge in [0, 0.05) is 30.1 Å². The third-order valence-electron chi connectivity index (χ3n) is 5.96. The van der Waals surface area contributed by atoms with Gasteiger partial charge in [0.1, 0.15) is 23.2 Å². The van der Waals surface area contributed by atoms with Crippen LogP contribution in [0.3, 0.4) is 0 Å². The number of rotatable bonds is 9. The second kappa shape index (κ2) is 10.6. The molecule has 1 saturated carbocycles. The van der Waals surface area contributed by atoms with Crippen molar-refractivity contribution in [2.24, 2.45) is 12.2 Å². The summed E-state index contributed by atoms with van der Waals surface area (Å²) in [5.74, 6) is -1.80. The third kappa shape index (κ3) is 5.12. The molecule has 5 rings (SSSR count). The average molecular weight is 567 g/mol. The summed E-state index contributed by atoms with van der Waals surface area (Å²) in [5, 5.41) is 27.8. The van der Waals surface area contributed by atoms with Gasteiger partial charge in [-0.2, -0.15) is 9.36 Å². The molecule has 0 bridgehead atoms. The highest BCUT2D eigenvalue weighted by molar-refractivity contribution is 8.01. The van der Waals surface area contributed by atoms with E-state index in [9.17, 15) is 19.5 Å². The molecule has 0 aromatic carbocycles. The van der Waals surface area contributed by atoms with E-state index in [2.05, 4.69) is 35.4 Å². The molecule has 2 atom stereocenters. The van der Waals surface area contributed by atoms with Crippen LogP contribution < -0.4 is 11.1 Å². The van der Waals surface area contributed by atoms with Crippen LogP contribution in [0.5, 0.6) is 0 Å². The van der Waals surface area contributed by atoms with E-state index in [0.717, 1.165) is 37.2 Å². The van der Waals surface area contributed by atoms with Gasteiger partial charge in [-0.25, -0.2) is 9.48 Å². The van der Waals surface area contributed by atoms with E-state index in [-0.39, 0.29) is 28.5 Å². The molecule has 2 fully saturated rings. The molecule has 0 radical (unpaired) electrons. The molecule has 196 valence electrons. The molecule has 37 heavy (non-hydrogen) atoms. The highest BCUT2D eigenvalue weighted by atomic mass is 32.2. The lowest BCUT2D eigenvalue weighted by Crippen LogP contribution is -2.71. The minimum absolute atomic E-state index is 0.00150. The van der Waals surface area contributed by atoms with E-state index in [0.29, 0.717) is 22.2 Å². The molecule has 1 aliphatic carbocycles. The summed E-state index contributed by atoms with van der Waals surface area (Å²) in [6.45, 7) is 0. The Morgan fingerprint density at radius 1 is 1.35 bits per heavy atom. The second-order valence-corrected chi connectivity index (χ2v) is 11.2. The number of aliphatic carboxylic acids is 1. The number of thioether (sulfide) groups is 2. The van der Waals surface area contributed by atoms with Gasteiger partial charge in [-0.05, 0) is 41.7 Å². The Labute approximate surface area is 222 Å². The fourth-order valence-electron chi connectivity index (χ4n) is 4.14. The number of anilines is 1. The molecule has 1 unspecified atom stereocenters. The van der Waals surface area contributed by atoms with E-state index in [1.165, 1.54) is 33.1 Å². The zero-order chi connectivity index (χ0) is 26.1. The molecule has 3 aliphatic rings. The van der Waals surface area contributed by atoms with Crippen LogP contribution in [0.25, 0.3) is 0 Å². The summed E-state index contributed by atoms with van der Waals surface area (Å²) < 4.78 is 5.53. The number of nitrogens with one attached hydrogen (secondary N) is 1. The number of nitrogens with two attached hydrogens (primary N) is 1. The SMILES string of the molecule is Cn1nnnc1SCC1=C(C(=O)O)N2C(=O)C(NC(=O)C(=NOC3CCCC3)c3nsc(N)n3)[C@H]2SC1. The van der Waals surface area contributed by atoms with Crippen LogP contribution in [0.2, 0.25) is 0 Å². The minimum Gasteiger partial charge on any atom is -0.477 e. The maximum atomic E-state index is 13.2. The molecule has 0 spiro atoms. The minimum atomic E-state index is -1.22. The maximum Gasteiger partial charge on any atom is 0.352 e. The fraction of sp³-hybridized carbons (Fsp3) is 0.526. The van der Waals surface area contributed by atoms with Gasteiger partial charge in [-0.3, -0.25) is 14.5 Å². The number of aromatic nitrogens is 6. The number of fused-ring (bicyclic) bond motifs is 1. The number of nitrogens with zero attached hydrogens (tertiary/aromatic N) is 8. The number of aryl methyl sites for hydroxylation is 1. The monoisotopic (exact) mass is 566 g/mol. The van der Waals surface area contributed by atoms with Gasteiger partial charge in [0.2, 0.25) is 16.7 Å². The number of oxime groups is 1. The molecule has 2 amide bonds. The van der Waals surface area contributed by atoms with Crippen LogP contribution in [0.1, 0.15) is 31.5 Å². The van der Waals surface area contributed by atoms with Crippen molar-refractivity contribution in [1.82, 2.24) is 39.8 Å². The van der Waals surface area contributed by atoms with Crippen LogP contribution in [-0.4, -0.2) is 92.1 Å². The lowest BCUT2D eigenvalue weighted by Gasteiger charge is -2.49. The number of carboxylic acids is 1. The quantitative estimate of drug-likeness (QED) is 0.156. The van der Waals surface area contributed by atoms with Gasteiger partial charge in [0.15, 0.2) is 5.13 Å². The number of hydrogen-bond acceptors (Lipinski definition) is 14. The zero-order valence-corrected chi connectivity index (χ0v) is 21.9. The standard InChI is InChI=1S/C19H22N10O5S3/c1-28-19(23-26-27-28)36-7-8-6-35-16-11(15(31)29(16)12(8)17(32)33)21-14(30)10(13-22-18(20)37-25-13)24-34-9-4-2-3-5-9/h9,11,16H,2-7H2,1H3,(H,21,30)(H,32,33)(H2,20,22,25)/t11?,16-/m1/s1. The van der Waals surface area contributed by atoms with E-state index in [1.54, 1.807) is 7.05 Å². The van der Waals surface area contributed by atoms with Crippen molar-refractivity contribution in [1.29, 1.82) is 0 Å². The Bertz CT molecular complexity index is 1290. The van der Waals surface area contributed by atoms with Crippen LogP contribution in [0, 0.1) is 0 Å². The zero-order valence-electron chi connectivity index (χ0n) is 19.4. The Morgan fingerprint density at radius 3 is 2.78 bits per heavy atom. The summed E-state index contributed by atoms with van der Waals surface area (Å²) in [6.07, 6.45) is 3.59. The summed E-state index contributed by atoms with van der Waals surface area (Å²) >= 11 is 3.54. The van der Waals surface area contributed by atoms with E-state index in [1.807, 2.05) is 0 Å². The van der Waals surface area contributed by atoms with Gasteiger partial charge < -0.3 is 21.0 Å². The predicted octanol–water partition coefficient (Wildman–Crippen LogP) is -0.162. The van der Waals surface area contributed by atoms with E-state index >= 15 is 0 Å². The topological polar surface area (TPSA) is 204 Å². The number of carbonyl (C=O) groups is 3. The summed E-state index contributed by atoms with van der Waals surface area (Å²) in [5.41, 5.74) is 5.97. The number of amides is 2. The molecular formula is C19H22N10O5S3. The van der Waals surface area contributed by atoms with Crippen LogP contribution in [-0.2, 0) is 26.3 Å². The van der Waals surface area contributed by atoms with Gasteiger partial charge >= 0.3 is 5.97 Å². The first-order valence-electron chi connectivity index (χ1n) is 11.2. The molecule has 4 N–H and O–H groups in total. The van der Waals surface area contributed by atoms with Crippen molar-refractivity contribution in [3.05, 3.63) is 17.1 Å². The lowest BCUT2D eigenvalue weighted by molar-refractivity contribution is -0.150. The van der Waals surface area contributed by atoms with Gasteiger partial charge in [-0.15, -0.1) is 16.9 Å². The number of tetrazole rings is 1. The predicted molar refractivity (Wildman–Crippen MR) is 133 cm³/mol. The summed E-state index contributed by atoms with van der Waals surface area (Å²) in [6, 6.07) is -0.948. The first-order valence-corrected chi connectivity index (χ1v) is 14.0. The van der Waals surface area contributed by atoms with E-state index in [4.69, 9.17) is 10.6 Å². The van der Waals surface area contributed by atoms with E-state index < -0.39 is 29.2 Å². The largest absolute Gasteiger partial charge is 0.477 e. The highest BCUT2D eigenvalue weighted by Crippen LogP contribution is 2.41. The lowest BCUT2D eigenvalue weighted by atomic mass is 10.0. The molecule has 15 nitrogen and oxygen atoms in total. The first-order chi connectivity index (χ1) is 17.8. The fourth-order valence-corrected chi connectivity index (χ4v) is 6.90. The highest BCUT2D eigenvalue weighted by Gasteiger charge is 2.54. The Kier molecular flexibility index (Phi) is 7.29. The van der Waals surface area contributed by atoms with Crippen molar-refractivity contribution in [3.8, 4) is 0 Å². The normalized spacial score (nSPS) is 22.1. The maximum absolute atomic E-state index is 13.2. The van der Waals surface area contributed by atoms with Crippen LogP contribution >= 0.6 is 35.1 Å². The number of carbonyl (C=O) groups excluding carboxylic acids is 2. The van der Waals surface area contributed by atoms with Crippen molar-refractivity contribution in [3.63, 3.8) is 0 Å². The molecule has 18 heteroatoms. The summed E-state index contributed by atoms with van der Waals surface area (Å²) in [4.78, 5) is 49.1. The van der Waals surface area contributed by atoms with Crippen LogP contribution in [0.15, 0.2) is 21.6 Å². The smallest absolute Gasteiger partial charge is 0.352 e. The van der Waals surface area contributed by atoms with Crippen molar-refractivity contribution >= 4 is 63.7 Å². The van der Waals surface area contributed by atoms with Gasteiger partial charge in [0.25, 0.3) is 11.8 Å². The van der Waals surface area contributed by atoms with Gasteiger partial charge in [-0.1, -0.05) is 16.9 Å². The van der Waals surface area contributed by atoms with Gasteiger partial charge in [0.05, 0.1) is 0 Å². The molecule has 2 aromatic heterocycles. The van der Waals surface area contributed by atoms with Crippen molar-refractivity contribution in [2.45, 2.75) is 48.4 Å². The number of nitrogen functional groups attached to an aromatic ring is 1. The molecular weight excluding hydrogens is 544 g/mol.